The zero-order chi connectivity index (χ0) is 14.1. The predicted molar refractivity (Wildman–Crippen MR) is 48.9 cm³/mol. The number of aliphatic hydroxyl groups is 1. The lowest BCUT2D eigenvalue weighted by molar-refractivity contribution is -0.162. The van der Waals surface area contributed by atoms with Gasteiger partial charge in [0.1, 0.15) is 5.75 Å². The molecular weight excluding hydrogens is 266 g/mol. The summed E-state index contributed by atoms with van der Waals surface area (Å²) in [5.41, 5.74) is -4.70. The van der Waals surface area contributed by atoms with Crippen LogP contribution in [0.4, 0.5) is 26.3 Å². The average Bonchev–Trinajstić information content (AvgIpc) is 2.24. The molecule has 0 heterocycles. The maximum atomic E-state index is 12.7. The fraction of sp³-hybridized carbons (Fsp3) is 0.400. The van der Waals surface area contributed by atoms with Crippen molar-refractivity contribution in [1.82, 2.24) is 0 Å². The molecule has 1 aromatic rings. The Morgan fingerprint density at radius 2 is 1.61 bits per heavy atom. The zero-order valence-electron chi connectivity index (χ0n) is 8.99. The topological polar surface area (TPSA) is 29.5 Å². The third kappa shape index (κ3) is 2.69. The van der Waals surface area contributed by atoms with E-state index in [0.717, 1.165) is 13.2 Å². The van der Waals surface area contributed by atoms with E-state index >= 15 is 0 Å². The normalized spacial score (nSPS) is 12.7. The van der Waals surface area contributed by atoms with Crippen molar-refractivity contribution in [1.29, 1.82) is 0 Å². The summed E-state index contributed by atoms with van der Waals surface area (Å²) < 4.78 is 80.1. The number of halogens is 6. The smallest absolute Gasteiger partial charge is 0.417 e. The molecule has 8 heteroatoms. The van der Waals surface area contributed by atoms with Crippen LogP contribution in [-0.2, 0) is 19.0 Å². The van der Waals surface area contributed by atoms with Crippen LogP contribution in [0.1, 0.15) is 16.7 Å². The lowest BCUT2D eigenvalue weighted by Crippen LogP contribution is -2.19. The van der Waals surface area contributed by atoms with E-state index < -0.39 is 41.4 Å². The van der Waals surface area contributed by atoms with Crippen molar-refractivity contribution in [3.05, 3.63) is 28.8 Å². The van der Waals surface area contributed by atoms with Crippen molar-refractivity contribution >= 4 is 0 Å². The molecule has 0 radical (unpaired) electrons. The predicted octanol–water partition coefficient (Wildman–Crippen LogP) is 3.23. The molecule has 0 aromatic heterocycles. The number of hydrogen-bond acceptors (Lipinski definition) is 2. The van der Waals surface area contributed by atoms with Gasteiger partial charge in [0.15, 0.2) is 0 Å². The van der Waals surface area contributed by atoms with E-state index in [1.54, 1.807) is 0 Å². The standard InChI is InChI=1S/C10H8F6O2/c1-18-7-3-2-6(9(11,12)13)8(5(7)4-17)10(14,15)16/h2-3,17H,4H2,1H3. The molecule has 1 aromatic carbocycles. The van der Waals surface area contributed by atoms with Crippen molar-refractivity contribution in [3.8, 4) is 5.75 Å². The molecule has 0 fully saturated rings. The van der Waals surface area contributed by atoms with Crippen LogP contribution in [-0.4, -0.2) is 12.2 Å². The molecule has 0 atom stereocenters. The summed E-state index contributed by atoms with van der Waals surface area (Å²) in [6.45, 7) is -1.21. The van der Waals surface area contributed by atoms with Crippen molar-refractivity contribution in [2.45, 2.75) is 19.0 Å². The number of benzene rings is 1. The Bertz CT molecular complexity index is 435. The summed E-state index contributed by atoms with van der Waals surface area (Å²) in [6, 6.07) is 1.02. The Hall–Kier alpha value is -1.44. The lowest BCUT2D eigenvalue weighted by atomic mass is 9.99. The van der Waals surface area contributed by atoms with E-state index in [1.165, 1.54) is 0 Å². The number of rotatable bonds is 2. The molecule has 0 aliphatic heterocycles. The van der Waals surface area contributed by atoms with Gasteiger partial charge in [-0.05, 0) is 12.1 Å². The van der Waals surface area contributed by atoms with Crippen molar-refractivity contribution in [2.24, 2.45) is 0 Å². The minimum absolute atomic E-state index is 0.279. The zero-order valence-corrected chi connectivity index (χ0v) is 8.99. The van der Waals surface area contributed by atoms with E-state index in [0.29, 0.717) is 0 Å². The van der Waals surface area contributed by atoms with Gasteiger partial charge in [-0.2, -0.15) is 26.3 Å². The van der Waals surface area contributed by atoms with Gasteiger partial charge in [-0.25, -0.2) is 0 Å². The van der Waals surface area contributed by atoms with Crippen LogP contribution in [0.15, 0.2) is 12.1 Å². The second kappa shape index (κ2) is 4.68. The summed E-state index contributed by atoms with van der Waals surface area (Å²) in [5.74, 6) is -0.446. The summed E-state index contributed by atoms with van der Waals surface area (Å²) in [7, 11) is 1.00. The van der Waals surface area contributed by atoms with E-state index in [9.17, 15) is 26.3 Å². The maximum absolute atomic E-state index is 12.7. The maximum Gasteiger partial charge on any atom is 0.417 e. The van der Waals surface area contributed by atoms with Crippen molar-refractivity contribution in [3.63, 3.8) is 0 Å². The molecule has 0 spiro atoms. The Kier molecular flexibility index (Phi) is 3.80. The quantitative estimate of drug-likeness (QED) is 0.839. The molecule has 0 aliphatic carbocycles. The van der Waals surface area contributed by atoms with Crippen LogP contribution in [0, 0.1) is 0 Å². The summed E-state index contributed by atoms with van der Waals surface area (Å²) >= 11 is 0. The van der Waals surface area contributed by atoms with E-state index in [4.69, 9.17) is 5.11 Å². The Morgan fingerprint density at radius 1 is 1.06 bits per heavy atom. The van der Waals surface area contributed by atoms with E-state index in [2.05, 4.69) is 4.74 Å². The number of ether oxygens (including phenoxy) is 1. The van der Waals surface area contributed by atoms with Crippen LogP contribution in [0.2, 0.25) is 0 Å². The number of aliphatic hydroxyl groups excluding tert-OH is 1. The Morgan fingerprint density at radius 3 is 1.94 bits per heavy atom. The fourth-order valence-electron chi connectivity index (χ4n) is 1.54. The second-order valence-electron chi connectivity index (χ2n) is 3.32. The first kappa shape index (κ1) is 14.6. The molecule has 0 saturated heterocycles. The summed E-state index contributed by atoms with van der Waals surface area (Å²) in [4.78, 5) is 0. The molecule has 0 bridgehead atoms. The minimum Gasteiger partial charge on any atom is -0.496 e. The highest BCUT2D eigenvalue weighted by atomic mass is 19.4. The van der Waals surface area contributed by atoms with Gasteiger partial charge in [0.05, 0.1) is 24.8 Å². The van der Waals surface area contributed by atoms with Crippen LogP contribution >= 0.6 is 0 Å². The number of methoxy groups -OCH3 is 1. The molecule has 0 saturated carbocycles. The van der Waals surface area contributed by atoms with Gasteiger partial charge in [0.2, 0.25) is 0 Å². The summed E-state index contributed by atoms with van der Waals surface area (Å²) in [6.07, 6.45) is -10.4. The van der Waals surface area contributed by atoms with E-state index in [1.807, 2.05) is 0 Å². The molecule has 0 amide bonds. The SMILES string of the molecule is COc1ccc(C(F)(F)F)c(C(F)(F)F)c1CO. The second-order valence-corrected chi connectivity index (χ2v) is 3.32. The van der Waals surface area contributed by atoms with Crippen molar-refractivity contribution < 1.29 is 36.2 Å². The molecule has 2 nitrogen and oxygen atoms in total. The van der Waals surface area contributed by atoms with Crippen LogP contribution < -0.4 is 4.74 Å². The highest BCUT2D eigenvalue weighted by molar-refractivity contribution is 5.47. The average molecular weight is 274 g/mol. The first-order valence-corrected chi connectivity index (χ1v) is 4.58. The van der Waals surface area contributed by atoms with Gasteiger partial charge >= 0.3 is 12.4 Å². The largest absolute Gasteiger partial charge is 0.496 e. The minimum atomic E-state index is -5.24. The molecule has 0 unspecified atom stereocenters. The van der Waals surface area contributed by atoms with Crippen LogP contribution in [0.3, 0.4) is 0 Å². The lowest BCUT2D eigenvalue weighted by Gasteiger charge is -2.20. The molecular formula is C10H8F6O2. The van der Waals surface area contributed by atoms with Gasteiger partial charge < -0.3 is 9.84 Å². The number of hydrogen-bond donors (Lipinski definition) is 1. The van der Waals surface area contributed by atoms with Gasteiger partial charge in [0.25, 0.3) is 0 Å². The molecule has 102 valence electrons. The first-order chi connectivity index (χ1) is 8.12. The third-order valence-corrected chi connectivity index (χ3v) is 2.24. The first-order valence-electron chi connectivity index (χ1n) is 4.58. The monoisotopic (exact) mass is 274 g/mol. The van der Waals surface area contributed by atoms with Gasteiger partial charge in [0, 0.05) is 5.56 Å². The fourth-order valence-corrected chi connectivity index (χ4v) is 1.54. The van der Waals surface area contributed by atoms with Crippen molar-refractivity contribution in [2.75, 3.05) is 7.11 Å². The molecule has 0 aliphatic rings. The highest BCUT2D eigenvalue weighted by Gasteiger charge is 2.45. The Labute approximate surface area is 97.8 Å². The highest BCUT2D eigenvalue weighted by Crippen LogP contribution is 2.44. The Balaban J connectivity index is 3.66. The van der Waals surface area contributed by atoms with Crippen LogP contribution in [0.25, 0.3) is 0 Å². The van der Waals surface area contributed by atoms with Gasteiger partial charge in [-0.1, -0.05) is 0 Å². The molecule has 1 rings (SSSR count). The third-order valence-electron chi connectivity index (χ3n) is 2.24. The van der Waals surface area contributed by atoms with Gasteiger partial charge in [-0.3, -0.25) is 0 Å². The summed E-state index contributed by atoms with van der Waals surface area (Å²) in [5, 5.41) is 8.84. The molecule has 1 N–H and O–H groups in total. The van der Waals surface area contributed by atoms with Crippen LogP contribution in [0.5, 0.6) is 5.75 Å². The van der Waals surface area contributed by atoms with Gasteiger partial charge in [-0.15, -0.1) is 0 Å². The number of alkyl halides is 6. The van der Waals surface area contributed by atoms with E-state index in [-0.39, 0.29) is 6.07 Å². The molecule has 18 heavy (non-hydrogen) atoms.